The van der Waals surface area contributed by atoms with Gasteiger partial charge < -0.3 is 4.74 Å². The van der Waals surface area contributed by atoms with Crippen LogP contribution in [0.1, 0.15) is 28.5 Å². The highest BCUT2D eigenvalue weighted by Crippen LogP contribution is 2.32. The maximum absolute atomic E-state index is 13.0. The first kappa shape index (κ1) is 16.8. The molecule has 0 spiro atoms. The van der Waals surface area contributed by atoms with Crippen LogP contribution in [0.4, 0.5) is 5.69 Å². The van der Waals surface area contributed by atoms with Crippen molar-refractivity contribution in [3.8, 4) is 5.69 Å². The van der Waals surface area contributed by atoms with Crippen molar-refractivity contribution in [3.05, 3.63) is 81.8 Å². The third kappa shape index (κ3) is 3.01. The molecule has 1 aromatic heterocycles. The van der Waals surface area contributed by atoms with E-state index in [0.29, 0.717) is 5.69 Å². The number of carbonyl (C=O) groups excluding carboxylic acids is 1. The number of ether oxygens (including phenoxy) is 1. The Bertz CT molecular complexity index is 1120. The Labute approximate surface area is 155 Å². The molecule has 134 valence electrons. The van der Waals surface area contributed by atoms with Crippen LogP contribution in [0.15, 0.2) is 64.4 Å². The quantitative estimate of drug-likeness (QED) is 0.723. The van der Waals surface area contributed by atoms with Crippen molar-refractivity contribution in [1.82, 2.24) is 9.78 Å². The molecule has 1 aliphatic heterocycles. The Hall–Kier alpha value is -3.67. The van der Waals surface area contributed by atoms with Crippen LogP contribution >= 0.6 is 0 Å². The number of esters is 1. The number of rotatable bonds is 4. The third-order valence-electron chi connectivity index (χ3n) is 4.28. The molecule has 0 saturated carbocycles. The van der Waals surface area contributed by atoms with E-state index in [1.165, 1.54) is 4.68 Å². The number of benzene rings is 2. The highest BCUT2D eigenvalue weighted by atomic mass is 16.5. The molecule has 0 bridgehead atoms. The number of hydrogen-bond acceptors (Lipinski definition) is 4. The van der Waals surface area contributed by atoms with E-state index in [2.05, 4.69) is 10.1 Å². The molecular weight excluding hydrogens is 342 g/mol. The molecule has 0 saturated heterocycles. The van der Waals surface area contributed by atoms with Crippen LogP contribution in [0.25, 0.3) is 17.3 Å². The second-order valence-electron chi connectivity index (χ2n) is 5.97. The number of aromatic amines is 1. The average Bonchev–Trinajstić information content (AvgIpc) is 3.25. The number of hydrogen-bond donors (Lipinski definition) is 1. The van der Waals surface area contributed by atoms with Gasteiger partial charge >= 0.3 is 5.97 Å². The molecule has 1 aliphatic rings. The molecule has 0 unspecified atom stereocenters. The maximum Gasteiger partial charge on any atom is 0.357 e. The fraction of sp³-hybridized carbons (Fsp3) is 0.0952. The van der Waals surface area contributed by atoms with Gasteiger partial charge in [-0.2, -0.15) is 0 Å². The molecule has 2 aromatic carbocycles. The standard InChI is InChI=1S/C21H17N3O3/c1-2-27-21(26)19-17(12-14-13-22-18-11-7-6-10-16(14)18)20(25)24(23-19)15-8-4-3-5-9-15/h3-13,23H,2H2,1H3/b14-12-. The molecule has 6 heteroatoms. The van der Waals surface area contributed by atoms with Gasteiger partial charge in [0, 0.05) is 17.4 Å². The fourth-order valence-corrected chi connectivity index (χ4v) is 3.01. The summed E-state index contributed by atoms with van der Waals surface area (Å²) in [5, 5.41) is 2.89. The lowest BCUT2D eigenvalue weighted by molar-refractivity contribution is 0.0518. The Kier molecular flexibility index (Phi) is 4.30. The van der Waals surface area contributed by atoms with Crippen molar-refractivity contribution >= 4 is 29.5 Å². The van der Waals surface area contributed by atoms with Crippen LogP contribution < -0.4 is 5.56 Å². The highest BCUT2D eigenvalue weighted by Gasteiger charge is 2.22. The summed E-state index contributed by atoms with van der Waals surface area (Å²) in [5.74, 6) is -0.570. The van der Waals surface area contributed by atoms with E-state index >= 15 is 0 Å². The Morgan fingerprint density at radius 3 is 2.67 bits per heavy atom. The van der Waals surface area contributed by atoms with E-state index in [0.717, 1.165) is 16.8 Å². The normalized spacial score (nSPS) is 13.7. The molecular formula is C21H17N3O3. The van der Waals surface area contributed by atoms with Crippen molar-refractivity contribution in [2.45, 2.75) is 6.92 Å². The molecule has 0 fully saturated rings. The monoisotopic (exact) mass is 359 g/mol. The molecule has 0 aliphatic carbocycles. The molecule has 0 amide bonds. The minimum atomic E-state index is -0.570. The van der Waals surface area contributed by atoms with Crippen molar-refractivity contribution in [2.24, 2.45) is 4.99 Å². The molecule has 27 heavy (non-hydrogen) atoms. The first-order chi connectivity index (χ1) is 13.2. The van der Waals surface area contributed by atoms with E-state index in [1.807, 2.05) is 42.5 Å². The molecule has 4 rings (SSSR count). The number of H-pyrrole nitrogens is 1. The minimum absolute atomic E-state index is 0.121. The van der Waals surface area contributed by atoms with Gasteiger partial charge in [0.2, 0.25) is 0 Å². The number of carbonyl (C=O) groups is 1. The Balaban J connectivity index is 1.88. The molecule has 6 nitrogen and oxygen atoms in total. The first-order valence-corrected chi connectivity index (χ1v) is 8.61. The predicted molar refractivity (Wildman–Crippen MR) is 105 cm³/mol. The topological polar surface area (TPSA) is 76.5 Å². The van der Waals surface area contributed by atoms with Gasteiger partial charge in [-0.25, -0.2) is 9.48 Å². The van der Waals surface area contributed by atoms with Gasteiger partial charge in [-0.15, -0.1) is 0 Å². The number of fused-ring (bicyclic) bond motifs is 1. The Morgan fingerprint density at radius 1 is 1.15 bits per heavy atom. The summed E-state index contributed by atoms with van der Waals surface area (Å²) in [5.41, 5.74) is 3.20. The highest BCUT2D eigenvalue weighted by molar-refractivity contribution is 6.21. The summed E-state index contributed by atoms with van der Waals surface area (Å²) in [4.78, 5) is 29.8. The molecule has 0 radical (unpaired) electrons. The summed E-state index contributed by atoms with van der Waals surface area (Å²) < 4.78 is 6.47. The molecule has 1 N–H and O–H groups in total. The lowest BCUT2D eigenvalue weighted by Crippen LogP contribution is -2.15. The van der Waals surface area contributed by atoms with Gasteiger partial charge in [-0.1, -0.05) is 36.4 Å². The summed E-state index contributed by atoms with van der Waals surface area (Å²) in [6.45, 7) is 1.94. The molecule has 0 atom stereocenters. The minimum Gasteiger partial charge on any atom is -0.461 e. The zero-order valence-corrected chi connectivity index (χ0v) is 14.7. The lowest BCUT2D eigenvalue weighted by atomic mass is 10.0. The summed E-state index contributed by atoms with van der Waals surface area (Å²) in [6, 6.07) is 16.7. The van der Waals surface area contributed by atoms with E-state index in [-0.39, 0.29) is 23.4 Å². The van der Waals surface area contributed by atoms with Crippen molar-refractivity contribution in [2.75, 3.05) is 6.61 Å². The van der Waals surface area contributed by atoms with Gasteiger partial charge in [0.05, 0.1) is 23.5 Å². The number of nitrogens with zero attached hydrogens (tertiary/aromatic N) is 2. The lowest BCUT2D eigenvalue weighted by Gasteiger charge is -2.02. The van der Waals surface area contributed by atoms with E-state index in [1.54, 1.807) is 31.3 Å². The van der Waals surface area contributed by atoms with Crippen LogP contribution in [0.2, 0.25) is 0 Å². The summed E-state index contributed by atoms with van der Waals surface area (Å²) >= 11 is 0. The van der Waals surface area contributed by atoms with E-state index in [4.69, 9.17) is 4.74 Å². The number of nitrogens with one attached hydrogen (secondary N) is 1. The van der Waals surface area contributed by atoms with E-state index < -0.39 is 5.97 Å². The second kappa shape index (κ2) is 6.92. The number of aliphatic imine (C=N–C) groups is 1. The van der Waals surface area contributed by atoms with Crippen LogP contribution in [0.3, 0.4) is 0 Å². The van der Waals surface area contributed by atoms with Gasteiger partial charge in [-0.05, 0) is 31.2 Å². The van der Waals surface area contributed by atoms with Gasteiger partial charge in [-0.3, -0.25) is 14.9 Å². The average molecular weight is 359 g/mol. The number of allylic oxidation sites excluding steroid dienone is 1. The third-order valence-corrected chi connectivity index (χ3v) is 4.28. The van der Waals surface area contributed by atoms with Crippen LogP contribution in [-0.2, 0) is 4.74 Å². The van der Waals surface area contributed by atoms with Gasteiger partial charge in [0.25, 0.3) is 5.56 Å². The maximum atomic E-state index is 13.0. The zero-order valence-electron chi connectivity index (χ0n) is 14.7. The van der Waals surface area contributed by atoms with Gasteiger partial charge in [0.1, 0.15) is 0 Å². The van der Waals surface area contributed by atoms with Crippen LogP contribution in [0, 0.1) is 0 Å². The first-order valence-electron chi connectivity index (χ1n) is 8.61. The molecule has 3 aromatic rings. The summed E-state index contributed by atoms with van der Waals surface area (Å²) in [7, 11) is 0. The van der Waals surface area contributed by atoms with Crippen molar-refractivity contribution in [3.63, 3.8) is 0 Å². The zero-order chi connectivity index (χ0) is 18.8. The Morgan fingerprint density at radius 2 is 1.89 bits per heavy atom. The van der Waals surface area contributed by atoms with Crippen molar-refractivity contribution in [1.29, 1.82) is 0 Å². The van der Waals surface area contributed by atoms with Crippen LogP contribution in [0.5, 0.6) is 0 Å². The van der Waals surface area contributed by atoms with Crippen LogP contribution in [-0.4, -0.2) is 28.6 Å². The predicted octanol–water partition coefficient (Wildman–Crippen LogP) is 3.60. The fourth-order valence-electron chi connectivity index (χ4n) is 3.01. The summed E-state index contributed by atoms with van der Waals surface area (Å²) in [6.07, 6.45) is 3.37. The van der Waals surface area contributed by atoms with Gasteiger partial charge in [0.15, 0.2) is 5.69 Å². The van der Waals surface area contributed by atoms with E-state index in [9.17, 15) is 9.59 Å². The largest absolute Gasteiger partial charge is 0.461 e. The number of aromatic nitrogens is 2. The SMILES string of the molecule is CCOC(=O)c1[nH]n(-c2ccccc2)c(=O)c1/C=C1/C=Nc2ccccc21. The second-order valence-corrected chi connectivity index (χ2v) is 5.97. The number of para-hydroxylation sites is 2. The van der Waals surface area contributed by atoms with Crippen molar-refractivity contribution < 1.29 is 9.53 Å². The molecule has 2 heterocycles. The smallest absolute Gasteiger partial charge is 0.357 e.